The molecule has 1 aromatic heterocycles. The first-order valence-corrected chi connectivity index (χ1v) is 10.5. The van der Waals surface area contributed by atoms with Gasteiger partial charge in [0, 0.05) is 30.2 Å². The summed E-state index contributed by atoms with van der Waals surface area (Å²) in [7, 11) is -3.42. The van der Waals surface area contributed by atoms with Crippen LogP contribution in [0.5, 0.6) is 0 Å². The van der Waals surface area contributed by atoms with Crippen molar-refractivity contribution in [3.8, 4) is 0 Å². The quantitative estimate of drug-likeness (QED) is 0.747. The summed E-state index contributed by atoms with van der Waals surface area (Å²) >= 11 is 0. The van der Waals surface area contributed by atoms with Crippen LogP contribution in [-0.2, 0) is 10.0 Å². The second-order valence-electron chi connectivity index (χ2n) is 7.24. The first-order chi connectivity index (χ1) is 12.5. The highest BCUT2D eigenvalue weighted by atomic mass is 32.2. The third-order valence-corrected chi connectivity index (χ3v) is 7.52. The van der Waals surface area contributed by atoms with E-state index in [0.717, 1.165) is 29.5 Å². The van der Waals surface area contributed by atoms with Crippen LogP contribution in [-0.4, -0.2) is 30.8 Å². The van der Waals surface area contributed by atoms with E-state index in [1.54, 1.807) is 10.4 Å². The molecule has 3 aromatic rings. The van der Waals surface area contributed by atoms with Gasteiger partial charge in [-0.1, -0.05) is 35.9 Å². The molecule has 1 saturated heterocycles. The van der Waals surface area contributed by atoms with Crippen molar-refractivity contribution in [3.05, 3.63) is 65.4 Å². The summed E-state index contributed by atoms with van der Waals surface area (Å²) in [5.74, 6) is 0.400. The fourth-order valence-electron chi connectivity index (χ4n) is 4.07. The largest absolute Gasteiger partial charge is 0.361 e. The number of aryl methyl sites for hydroxylation is 2. The van der Waals surface area contributed by atoms with Crippen molar-refractivity contribution in [2.45, 2.75) is 37.5 Å². The maximum absolute atomic E-state index is 13.0. The molecule has 2 heterocycles. The number of nitrogens with one attached hydrogen (secondary N) is 1. The summed E-state index contributed by atoms with van der Waals surface area (Å²) in [6, 6.07) is 13.9. The highest BCUT2D eigenvalue weighted by molar-refractivity contribution is 7.89. The Morgan fingerprint density at radius 2 is 1.77 bits per heavy atom. The first-order valence-electron chi connectivity index (χ1n) is 9.10. The summed E-state index contributed by atoms with van der Waals surface area (Å²) in [4.78, 5) is 3.77. The van der Waals surface area contributed by atoms with Crippen LogP contribution in [0.25, 0.3) is 10.9 Å². The van der Waals surface area contributed by atoms with E-state index in [2.05, 4.69) is 29.4 Å². The monoisotopic (exact) mass is 368 g/mol. The van der Waals surface area contributed by atoms with Gasteiger partial charge in [-0.3, -0.25) is 0 Å². The molecule has 1 N–H and O–H groups in total. The summed E-state index contributed by atoms with van der Waals surface area (Å²) in [6.45, 7) is 4.99. The van der Waals surface area contributed by atoms with E-state index in [0.29, 0.717) is 23.9 Å². The molecule has 4 nitrogen and oxygen atoms in total. The summed E-state index contributed by atoms with van der Waals surface area (Å²) in [5, 5.41) is 1.25. The number of H-pyrrole nitrogens is 1. The Morgan fingerprint density at radius 1 is 1.04 bits per heavy atom. The van der Waals surface area contributed by atoms with Crippen molar-refractivity contribution in [2.75, 3.05) is 13.1 Å². The van der Waals surface area contributed by atoms with Crippen LogP contribution in [0.1, 0.15) is 35.4 Å². The van der Waals surface area contributed by atoms with E-state index in [1.807, 2.05) is 32.0 Å². The molecule has 26 heavy (non-hydrogen) atoms. The Kier molecular flexibility index (Phi) is 4.37. The van der Waals surface area contributed by atoms with Gasteiger partial charge < -0.3 is 4.98 Å². The lowest BCUT2D eigenvalue weighted by Crippen LogP contribution is -2.38. The van der Waals surface area contributed by atoms with Crippen LogP contribution in [0.2, 0.25) is 0 Å². The number of piperidine rings is 1. The molecular weight excluding hydrogens is 344 g/mol. The van der Waals surface area contributed by atoms with Gasteiger partial charge >= 0.3 is 0 Å². The molecular formula is C21H24N2O2S. The number of sulfonamides is 1. The number of fused-ring (bicyclic) bond motifs is 1. The molecule has 1 aliphatic rings. The Bertz CT molecular complexity index is 1040. The molecule has 5 heteroatoms. The van der Waals surface area contributed by atoms with Gasteiger partial charge in [-0.05, 0) is 55.9 Å². The molecule has 0 spiro atoms. The summed E-state index contributed by atoms with van der Waals surface area (Å²) in [5.41, 5.74) is 4.36. The minimum absolute atomic E-state index is 0.400. The molecule has 136 valence electrons. The van der Waals surface area contributed by atoms with Gasteiger partial charge in [-0.25, -0.2) is 8.42 Å². The van der Waals surface area contributed by atoms with Crippen molar-refractivity contribution in [1.82, 2.24) is 9.29 Å². The van der Waals surface area contributed by atoms with E-state index in [-0.39, 0.29) is 0 Å². The number of hydrogen-bond acceptors (Lipinski definition) is 2. The number of rotatable bonds is 3. The number of para-hydroxylation sites is 1. The zero-order valence-corrected chi connectivity index (χ0v) is 16.0. The average molecular weight is 369 g/mol. The van der Waals surface area contributed by atoms with E-state index >= 15 is 0 Å². The summed E-state index contributed by atoms with van der Waals surface area (Å²) in [6.07, 6.45) is 3.79. The van der Waals surface area contributed by atoms with Crippen molar-refractivity contribution >= 4 is 20.9 Å². The van der Waals surface area contributed by atoms with Gasteiger partial charge in [-0.2, -0.15) is 4.31 Å². The first kappa shape index (κ1) is 17.3. The van der Waals surface area contributed by atoms with Crippen molar-refractivity contribution in [2.24, 2.45) is 0 Å². The Labute approximate surface area is 154 Å². The number of benzene rings is 2. The van der Waals surface area contributed by atoms with Gasteiger partial charge in [0.25, 0.3) is 0 Å². The molecule has 0 bridgehead atoms. The summed E-state index contributed by atoms with van der Waals surface area (Å²) < 4.78 is 27.7. The highest BCUT2D eigenvalue weighted by Gasteiger charge is 2.31. The van der Waals surface area contributed by atoms with Gasteiger partial charge in [0.2, 0.25) is 10.0 Å². The molecule has 4 rings (SSSR count). The van der Waals surface area contributed by atoms with Gasteiger partial charge in [0.15, 0.2) is 0 Å². The molecule has 0 amide bonds. The van der Waals surface area contributed by atoms with E-state index in [4.69, 9.17) is 0 Å². The third kappa shape index (κ3) is 2.95. The fraction of sp³-hybridized carbons (Fsp3) is 0.333. The van der Waals surface area contributed by atoms with Crippen LogP contribution in [0.3, 0.4) is 0 Å². The number of aromatic amines is 1. The minimum Gasteiger partial charge on any atom is -0.361 e. The maximum Gasteiger partial charge on any atom is 0.243 e. The molecule has 0 atom stereocenters. The SMILES string of the molecule is Cc1ccc(S(=O)(=O)N2CCC(c3c[nH]c4ccccc34)CC2)c(C)c1. The van der Waals surface area contributed by atoms with Crippen LogP contribution in [0, 0.1) is 13.8 Å². The Hall–Kier alpha value is -2.11. The molecule has 1 aliphatic heterocycles. The normalized spacial score (nSPS) is 17.0. The maximum atomic E-state index is 13.0. The van der Waals surface area contributed by atoms with Gasteiger partial charge in [0.05, 0.1) is 4.90 Å². The Morgan fingerprint density at radius 3 is 2.50 bits per heavy atom. The Balaban J connectivity index is 1.54. The van der Waals surface area contributed by atoms with Crippen LogP contribution < -0.4 is 0 Å². The van der Waals surface area contributed by atoms with Gasteiger partial charge in [-0.15, -0.1) is 0 Å². The van der Waals surface area contributed by atoms with Crippen LogP contribution in [0.4, 0.5) is 0 Å². The molecule has 1 fully saturated rings. The van der Waals surface area contributed by atoms with E-state index < -0.39 is 10.0 Å². The lowest BCUT2D eigenvalue weighted by molar-refractivity contribution is 0.320. The second kappa shape index (κ2) is 6.56. The van der Waals surface area contributed by atoms with Crippen molar-refractivity contribution < 1.29 is 8.42 Å². The molecule has 0 saturated carbocycles. The zero-order valence-electron chi connectivity index (χ0n) is 15.2. The number of hydrogen-bond donors (Lipinski definition) is 1. The van der Waals surface area contributed by atoms with Crippen LogP contribution in [0.15, 0.2) is 53.6 Å². The number of aromatic nitrogens is 1. The predicted molar refractivity (Wildman–Crippen MR) is 105 cm³/mol. The second-order valence-corrected chi connectivity index (χ2v) is 9.14. The molecule has 0 radical (unpaired) electrons. The average Bonchev–Trinajstić information content (AvgIpc) is 3.05. The molecule has 0 aliphatic carbocycles. The third-order valence-electron chi connectivity index (χ3n) is 5.46. The zero-order chi connectivity index (χ0) is 18.3. The van der Waals surface area contributed by atoms with Crippen molar-refractivity contribution in [1.29, 1.82) is 0 Å². The molecule has 2 aromatic carbocycles. The molecule has 0 unspecified atom stereocenters. The smallest absolute Gasteiger partial charge is 0.243 e. The standard InChI is InChI=1S/C21H24N2O2S/c1-15-7-8-21(16(2)13-15)26(24,25)23-11-9-17(10-12-23)19-14-22-20-6-4-3-5-18(19)20/h3-8,13-14,17,22H,9-12H2,1-2H3. The minimum atomic E-state index is -3.42. The predicted octanol–water partition coefficient (Wildman–Crippen LogP) is 4.35. The van der Waals surface area contributed by atoms with Crippen molar-refractivity contribution in [3.63, 3.8) is 0 Å². The highest BCUT2D eigenvalue weighted by Crippen LogP contribution is 2.35. The fourth-order valence-corrected chi connectivity index (χ4v) is 5.74. The lowest BCUT2D eigenvalue weighted by atomic mass is 9.90. The lowest BCUT2D eigenvalue weighted by Gasteiger charge is -2.31. The van der Waals surface area contributed by atoms with Gasteiger partial charge in [0.1, 0.15) is 0 Å². The number of nitrogens with zero attached hydrogens (tertiary/aromatic N) is 1. The van der Waals surface area contributed by atoms with E-state index in [1.165, 1.54) is 10.9 Å². The van der Waals surface area contributed by atoms with E-state index in [9.17, 15) is 8.42 Å². The van der Waals surface area contributed by atoms with Crippen LogP contribution >= 0.6 is 0 Å². The topological polar surface area (TPSA) is 53.2 Å².